The van der Waals surface area contributed by atoms with Gasteiger partial charge in [-0.2, -0.15) is 0 Å². The van der Waals surface area contributed by atoms with Crippen molar-refractivity contribution in [1.29, 1.82) is 0 Å². The second-order valence-corrected chi connectivity index (χ2v) is 9.22. The van der Waals surface area contributed by atoms with Crippen LogP contribution in [0.2, 0.25) is 0 Å². The molecule has 6 heteroatoms. The summed E-state index contributed by atoms with van der Waals surface area (Å²) in [6.07, 6.45) is 5.57. The Morgan fingerprint density at radius 1 is 1.00 bits per heavy atom. The van der Waals surface area contributed by atoms with E-state index in [2.05, 4.69) is 40.1 Å². The van der Waals surface area contributed by atoms with Gasteiger partial charge in [0.1, 0.15) is 0 Å². The summed E-state index contributed by atoms with van der Waals surface area (Å²) in [5, 5.41) is 0. The Hall–Kier alpha value is -1.92. The minimum atomic E-state index is 0.0603. The lowest BCUT2D eigenvalue weighted by Crippen LogP contribution is -2.55. The van der Waals surface area contributed by atoms with Crippen LogP contribution < -0.4 is 0 Å². The second-order valence-electron chi connectivity index (χ2n) is 9.22. The van der Waals surface area contributed by atoms with Gasteiger partial charge >= 0.3 is 0 Å². The molecule has 0 bridgehead atoms. The van der Waals surface area contributed by atoms with Crippen molar-refractivity contribution in [2.75, 3.05) is 59.4 Å². The number of likely N-dealkylation sites (N-methyl/N-ethyl adjacent to an activating group) is 1. The summed E-state index contributed by atoms with van der Waals surface area (Å²) in [4.78, 5) is 33.7. The third-order valence-electron chi connectivity index (χ3n) is 7.20. The van der Waals surface area contributed by atoms with Gasteiger partial charge in [-0.15, -0.1) is 0 Å². The number of benzene rings is 1. The number of likely N-dealkylation sites (tertiary alicyclic amines) is 2. The van der Waals surface area contributed by atoms with Crippen LogP contribution in [0.3, 0.4) is 0 Å². The Bertz CT molecular complexity index is 717. The molecule has 0 saturated carbocycles. The molecule has 4 rings (SSSR count). The Labute approximate surface area is 180 Å². The van der Waals surface area contributed by atoms with Crippen LogP contribution in [0.1, 0.15) is 31.2 Å². The van der Waals surface area contributed by atoms with Gasteiger partial charge in [0.25, 0.3) is 0 Å². The van der Waals surface area contributed by atoms with Crippen LogP contribution in [0.5, 0.6) is 0 Å². The van der Waals surface area contributed by atoms with E-state index in [1.165, 1.54) is 18.4 Å². The highest BCUT2D eigenvalue weighted by Crippen LogP contribution is 2.25. The van der Waals surface area contributed by atoms with Crippen molar-refractivity contribution in [2.45, 2.75) is 38.1 Å². The quantitative estimate of drug-likeness (QED) is 0.739. The van der Waals surface area contributed by atoms with E-state index in [1.54, 1.807) is 9.80 Å². The van der Waals surface area contributed by atoms with Crippen LogP contribution >= 0.6 is 0 Å². The fraction of sp³-hybridized carbons (Fsp3) is 0.667. The minimum Gasteiger partial charge on any atom is -0.342 e. The highest BCUT2D eigenvalue weighted by molar-refractivity contribution is 5.87. The van der Waals surface area contributed by atoms with E-state index in [1.807, 2.05) is 7.05 Å². The zero-order valence-corrected chi connectivity index (χ0v) is 18.3. The maximum Gasteiger partial charge on any atom is 0.241 e. The first kappa shape index (κ1) is 21.3. The number of amides is 2. The van der Waals surface area contributed by atoms with Crippen molar-refractivity contribution in [3.63, 3.8) is 0 Å². The van der Waals surface area contributed by atoms with Gasteiger partial charge in [-0.3, -0.25) is 14.5 Å². The molecule has 1 unspecified atom stereocenters. The van der Waals surface area contributed by atoms with Gasteiger partial charge in [0.15, 0.2) is 0 Å². The first-order chi connectivity index (χ1) is 14.6. The second kappa shape index (κ2) is 9.92. The van der Waals surface area contributed by atoms with E-state index in [0.29, 0.717) is 19.1 Å². The van der Waals surface area contributed by atoms with E-state index in [-0.39, 0.29) is 24.3 Å². The molecule has 3 saturated heterocycles. The van der Waals surface area contributed by atoms with Gasteiger partial charge in [-0.25, -0.2) is 0 Å². The number of carbonyl (C=O) groups excluding carboxylic acids is 2. The highest BCUT2D eigenvalue weighted by atomic mass is 16.2. The molecule has 1 atom stereocenters. The van der Waals surface area contributed by atoms with Crippen molar-refractivity contribution >= 4 is 11.8 Å². The SMILES string of the molecule is CN1CCN(C(=O)C2CCCN(C3CCN(CCc4ccccc4)CC3)C2)CC1=O. The standard InChI is InChI=1S/C24H36N4O2/c1-25-16-17-28(19-23(25)29)24(30)21-8-5-12-27(18-21)22-10-14-26(15-11-22)13-9-20-6-3-2-4-7-20/h2-4,6-7,21-22H,5,8-19H2,1H3. The summed E-state index contributed by atoms with van der Waals surface area (Å²) in [5.74, 6) is 0.317. The molecule has 3 heterocycles. The smallest absolute Gasteiger partial charge is 0.241 e. The molecule has 0 radical (unpaired) electrons. The van der Waals surface area contributed by atoms with E-state index in [0.717, 1.165) is 52.0 Å². The van der Waals surface area contributed by atoms with Gasteiger partial charge in [-0.05, 0) is 57.3 Å². The molecule has 1 aromatic carbocycles. The van der Waals surface area contributed by atoms with Crippen LogP contribution in [0, 0.1) is 5.92 Å². The lowest BCUT2D eigenvalue weighted by atomic mass is 9.92. The molecule has 6 nitrogen and oxygen atoms in total. The van der Waals surface area contributed by atoms with Crippen molar-refractivity contribution in [3.05, 3.63) is 35.9 Å². The molecule has 164 valence electrons. The first-order valence-electron chi connectivity index (χ1n) is 11.6. The average Bonchev–Trinajstić information content (AvgIpc) is 2.80. The minimum absolute atomic E-state index is 0.0603. The van der Waals surface area contributed by atoms with Gasteiger partial charge in [0.2, 0.25) is 11.8 Å². The molecular formula is C24H36N4O2. The molecule has 3 aliphatic rings. The van der Waals surface area contributed by atoms with Gasteiger partial charge in [0.05, 0.1) is 12.5 Å². The number of piperidine rings is 2. The molecule has 0 spiro atoms. The summed E-state index contributed by atoms with van der Waals surface area (Å²) in [6, 6.07) is 11.3. The van der Waals surface area contributed by atoms with Gasteiger partial charge < -0.3 is 14.7 Å². The van der Waals surface area contributed by atoms with Crippen molar-refractivity contribution in [2.24, 2.45) is 5.92 Å². The molecule has 3 fully saturated rings. The maximum atomic E-state index is 13.0. The van der Waals surface area contributed by atoms with Crippen LogP contribution in [-0.2, 0) is 16.0 Å². The molecule has 3 aliphatic heterocycles. The third-order valence-corrected chi connectivity index (χ3v) is 7.20. The summed E-state index contributed by atoms with van der Waals surface area (Å²) >= 11 is 0. The van der Waals surface area contributed by atoms with E-state index >= 15 is 0 Å². The van der Waals surface area contributed by atoms with Crippen LogP contribution in [-0.4, -0.2) is 96.9 Å². The zero-order chi connectivity index (χ0) is 20.9. The summed E-state index contributed by atoms with van der Waals surface area (Å²) < 4.78 is 0. The topological polar surface area (TPSA) is 47.1 Å². The summed E-state index contributed by atoms with van der Waals surface area (Å²) in [6.45, 7) is 7.01. The molecule has 1 aromatic rings. The normalized spacial score (nSPS) is 25.0. The number of carbonyl (C=O) groups is 2. The fourth-order valence-electron chi connectivity index (χ4n) is 5.18. The lowest BCUT2D eigenvalue weighted by molar-refractivity contribution is -0.148. The molecule has 2 amide bonds. The van der Waals surface area contributed by atoms with Gasteiger partial charge in [0, 0.05) is 39.3 Å². The summed E-state index contributed by atoms with van der Waals surface area (Å²) in [7, 11) is 1.82. The molecule has 0 N–H and O–H groups in total. The van der Waals surface area contributed by atoms with Crippen LogP contribution in [0.25, 0.3) is 0 Å². The monoisotopic (exact) mass is 412 g/mol. The largest absolute Gasteiger partial charge is 0.342 e. The molecule has 0 aromatic heterocycles. The zero-order valence-electron chi connectivity index (χ0n) is 18.3. The Balaban J connectivity index is 1.23. The van der Waals surface area contributed by atoms with Crippen molar-refractivity contribution in [3.8, 4) is 0 Å². The average molecular weight is 413 g/mol. The molecule has 30 heavy (non-hydrogen) atoms. The fourth-order valence-corrected chi connectivity index (χ4v) is 5.18. The van der Waals surface area contributed by atoms with E-state index in [4.69, 9.17) is 0 Å². The van der Waals surface area contributed by atoms with Crippen LogP contribution in [0.15, 0.2) is 30.3 Å². The van der Waals surface area contributed by atoms with E-state index < -0.39 is 0 Å². The number of rotatable bonds is 5. The third kappa shape index (κ3) is 5.22. The first-order valence-corrected chi connectivity index (χ1v) is 11.6. The number of nitrogens with zero attached hydrogens (tertiary/aromatic N) is 4. The Morgan fingerprint density at radius 3 is 2.50 bits per heavy atom. The maximum absolute atomic E-state index is 13.0. The van der Waals surface area contributed by atoms with Crippen molar-refractivity contribution in [1.82, 2.24) is 19.6 Å². The molecular weight excluding hydrogens is 376 g/mol. The van der Waals surface area contributed by atoms with E-state index in [9.17, 15) is 9.59 Å². The lowest BCUT2D eigenvalue weighted by Gasteiger charge is -2.43. The highest BCUT2D eigenvalue weighted by Gasteiger charge is 2.35. The number of hydrogen-bond acceptors (Lipinski definition) is 4. The summed E-state index contributed by atoms with van der Waals surface area (Å²) in [5.41, 5.74) is 1.42. The Morgan fingerprint density at radius 2 is 1.77 bits per heavy atom. The van der Waals surface area contributed by atoms with Crippen molar-refractivity contribution < 1.29 is 9.59 Å². The molecule has 0 aliphatic carbocycles. The predicted molar refractivity (Wildman–Crippen MR) is 118 cm³/mol. The number of hydrogen-bond donors (Lipinski definition) is 0. The van der Waals surface area contributed by atoms with Gasteiger partial charge in [-0.1, -0.05) is 30.3 Å². The number of piperazine rings is 1. The predicted octanol–water partition coefficient (Wildman–Crippen LogP) is 1.71. The Kier molecular flexibility index (Phi) is 7.05. The van der Waals surface area contributed by atoms with Crippen LogP contribution in [0.4, 0.5) is 0 Å².